The molecule has 0 saturated carbocycles. The van der Waals surface area contributed by atoms with E-state index in [1.807, 2.05) is 78.9 Å². The van der Waals surface area contributed by atoms with Gasteiger partial charge in [-0.15, -0.1) is 0 Å². The first-order valence-corrected chi connectivity index (χ1v) is 16.6. The number of aromatic nitrogens is 3. The fourth-order valence-corrected chi connectivity index (χ4v) is 6.44. The lowest BCUT2D eigenvalue weighted by atomic mass is 9.96. The van der Waals surface area contributed by atoms with Crippen LogP contribution in [0.1, 0.15) is 0 Å². The summed E-state index contributed by atoms with van der Waals surface area (Å²) >= 11 is 0. The van der Waals surface area contributed by atoms with Crippen LogP contribution in [0.15, 0.2) is 182 Å². The van der Waals surface area contributed by atoms with E-state index in [2.05, 4.69) is 108 Å². The van der Waals surface area contributed by atoms with Gasteiger partial charge in [-0.2, -0.15) is 0 Å². The average Bonchev–Trinajstić information content (AvgIpc) is 3.20. The number of ether oxygens (including phenoxy) is 1. The SMILES string of the molecule is c1ccc(-c2cc(-c3ccccc3)cc(-c3nc(-c4ccccc4)nc(-c4ccc(N5c6ccccc6Oc6ccccc65)cc4)n3)c2)cc1. The zero-order chi connectivity index (χ0) is 33.3. The maximum Gasteiger partial charge on any atom is 0.164 e. The second kappa shape index (κ2) is 12.6. The Morgan fingerprint density at radius 3 is 1.20 bits per heavy atom. The first-order chi connectivity index (χ1) is 24.8. The summed E-state index contributed by atoms with van der Waals surface area (Å²) in [5.74, 6) is 3.48. The van der Waals surface area contributed by atoms with Crippen LogP contribution in [0, 0.1) is 0 Å². The van der Waals surface area contributed by atoms with Gasteiger partial charge in [0.2, 0.25) is 0 Å². The standard InChI is InChI=1S/C45H30N4O/c1-4-14-31(15-5-1)35-28-36(32-16-6-2-7-17-32)30-37(29-35)45-47-43(33-18-8-3-9-19-33)46-44(48-45)34-24-26-38(27-25-34)49-39-20-10-12-22-41(39)50-42-23-13-11-21-40(42)49/h1-30H. The Morgan fingerprint density at radius 1 is 0.320 bits per heavy atom. The predicted octanol–water partition coefficient (Wildman–Crippen LogP) is 11.8. The highest BCUT2D eigenvalue weighted by Crippen LogP contribution is 2.50. The van der Waals surface area contributed by atoms with Crippen molar-refractivity contribution < 1.29 is 4.74 Å². The number of fused-ring (bicyclic) bond motifs is 2. The molecule has 0 fully saturated rings. The van der Waals surface area contributed by atoms with E-state index < -0.39 is 0 Å². The molecule has 8 aromatic rings. The molecule has 1 aliphatic heterocycles. The molecule has 1 aliphatic rings. The molecule has 5 nitrogen and oxygen atoms in total. The van der Waals surface area contributed by atoms with E-state index in [0.717, 1.165) is 67.5 Å². The fraction of sp³-hybridized carbons (Fsp3) is 0. The zero-order valence-electron chi connectivity index (χ0n) is 27.0. The Labute approximate surface area is 290 Å². The number of para-hydroxylation sites is 4. The van der Waals surface area contributed by atoms with Crippen LogP contribution in [0.5, 0.6) is 11.5 Å². The van der Waals surface area contributed by atoms with E-state index in [1.165, 1.54) is 0 Å². The van der Waals surface area contributed by atoms with Crippen LogP contribution in [0.4, 0.5) is 17.1 Å². The van der Waals surface area contributed by atoms with Crippen LogP contribution in [0.25, 0.3) is 56.4 Å². The van der Waals surface area contributed by atoms with Gasteiger partial charge < -0.3 is 9.64 Å². The van der Waals surface area contributed by atoms with E-state index in [0.29, 0.717) is 17.5 Å². The Bertz CT molecular complexity index is 2340. The maximum absolute atomic E-state index is 6.24. The molecule has 0 unspecified atom stereocenters. The summed E-state index contributed by atoms with van der Waals surface area (Å²) in [5.41, 5.74) is 10.2. The molecule has 0 bridgehead atoms. The Morgan fingerprint density at radius 2 is 0.700 bits per heavy atom. The van der Waals surface area contributed by atoms with Crippen molar-refractivity contribution in [3.8, 4) is 67.9 Å². The van der Waals surface area contributed by atoms with Gasteiger partial charge in [0.1, 0.15) is 0 Å². The molecule has 0 aliphatic carbocycles. The van der Waals surface area contributed by atoms with Gasteiger partial charge in [0.15, 0.2) is 29.0 Å². The van der Waals surface area contributed by atoms with Crippen molar-refractivity contribution in [3.63, 3.8) is 0 Å². The minimum Gasteiger partial charge on any atom is -0.453 e. The van der Waals surface area contributed by atoms with Crippen molar-refractivity contribution in [1.29, 1.82) is 0 Å². The second-order valence-electron chi connectivity index (χ2n) is 12.1. The summed E-state index contributed by atoms with van der Waals surface area (Å²) in [6.45, 7) is 0. The van der Waals surface area contributed by atoms with Crippen LogP contribution >= 0.6 is 0 Å². The van der Waals surface area contributed by atoms with E-state index in [-0.39, 0.29) is 0 Å². The molecular formula is C45H30N4O. The number of benzene rings is 7. The number of hydrogen-bond acceptors (Lipinski definition) is 5. The highest BCUT2D eigenvalue weighted by atomic mass is 16.5. The lowest BCUT2D eigenvalue weighted by molar-refractivity contribution is 0.477. The Balaban J connectivity index is 1.18. The quantitative estimate of drug-likeness (QED) is 0.181. The number of nitrogens with zero attached hydrogens (tertiary/aromatic N) is 4. The summed E-state index contributed by atoms with van der Waals surface area (Å²) in [5, 5.41) is 0. The van der Waals surface area contributed by atoms with E-state index in [4.69, 9.17) is 19.7 Å². The first kappa shape index (κ1) is 29.3. The van der Waals surface area contributed by atoms with Crippen molar-refractivity contribution in [2.24, 2.45) is 0 Å². The smallest absolute Gasteiger partial charge is 0.164 e. The van der Waals surface area contributed by atoms with Gasteiger partial charge >= 0.3 is 0 Å². The Kier molecular flexibility index (Phi) is 7.41. The van der Waals surface area contributed by atoms with E-state index >= 15 is 0 Å². The first-order valence-electron chi connectivity index (χ1n) is 16.6. The minimum atomic E-state index is 0.606. The molecule has 0 saturated heterocycles. The molecule has 7 aromatic carbocycles. The molecule has 0 spiro atoms. The van der Waals surface area contributed by atoms with Crippen LogP contribution in [-0.4, -0.2) is 15.0 Å². The predicted molar refractivity (Wildman–Crippen MR) is 202 cm³/mol. The summed E-state index contributed by atoms with van der Waals surface area (Å²) in [4.78, 5) is 17.4. The van der Waals surface area contributed by atoms with E-state index in [1.54, 1.807) is 0 Å². The van der Waals surface area contributed by atoms with Crippen LogP contribution in [0.2, 0.25) is 0 Å². The molecule has 2 heterocycles. The molecule has 236 valence electrons. The van der Waals surface area contributed by atoms with Gasteiger partial charge in [-0.1, -0.05) is 115 Å². The highest BCUT2D eigenvalue weighted by molar-refractivity contribution is 5.87. The van der Waals surface area contributed by atoms with Crippen molar-refractivity contribution in [1.82, 2.24) is 15.0 Å². The summed E-state index contributed by atoms with van der Waals surface area (Å²) < 4.78 is 6.24. The van der Waals surface area contributed by atoms with Crippen molar-refractivity contribution in [3.05, 3.63) is 182 Å². The normalized spacial score (nSPS) is 11.7. The van der Waals surface area contributed by atoms with Crippen molar-refractivity contribution >= 4 is 17.1 Å². The van der Waals surface area contributed by atoms with Crippen molar-refractivity contribution in [2.45, 2.75) is 0 Å². The number of hydrogen-bond donors (Lipinski definition) is 0. The number of anilines is 3. The monoisotopic (exact) mass is 642 g/mol. The van der Waals surface area contributed by atoms with Crippen molar-refractivity contribution in [2.75, 3.05) is 4.90 Å². The van der Waals surface area contributed by atoms with E-state index in [9.17, 15) is 0 Å². The molecular weight excluding hydrogens is 613 g/mol. The summed E-state index contributed by atoms with van der Waals surface area (Å²) in [6, 6.07) is 62.2. The molecule has 1 aromatic heterocycles. The minimum absolute atomic E-state index is 0.606. The van der Waals surface area contributed by atoms with Gasteiger partial charge in [0, 0.05) is 22.4 Å². The third kappa shape index (κ3) is 5.57. The van der Waals surface area contributed by atoms with Crippen LogP contribution in [-0.2, 0) is 0 Å². The zero-order valence-corrected chi connectivity index (χ0v) is 27.0. The molecule has 0 radical (unpaired) electrons. The second-order valence-corrected chi connectivity index (χ2v) is 12.1. The molecule has 9 rings (SSSR count). The topological polar surface area (TPSA) is 51.1 Å². The average molecular weight is 643 g/mol. The molecule has 0 N–H and O–H groups in total. The molecule has 0 amide bonds. The van der Waals surface area contributed by atoms with Crippen LogP contribution in [0.3, 0.4) is 0 Å². The molecule has 5 heteroatoms. The maximum atomic E-state index is 6.24. The Hall–Kier alpha value is -6.85. The molecule has 0 atom stereocenters. The summed E-state index contributed by atoms with van der Waals surface area (Å²) in [6.07, 6.45) is 0. The fourth-order valence-electron chi connectivity index (χ4n) is 6.44. The summed E-state index contributed by atoms with van der Waals surface area (Å²) in [7, 11) is 0. The third-order valence-corrected chi connectivity index (χ3v) is 8.89. The lowest BCUT2D eigenvalue weighted by Gasteiger charge is -2.32. The lowest BCUT2D eigenvalue weighted by Crippen LogP contribution is -2.15. The molecule has 50 heavy (non-hydrogen) atoms. The van der Waals surface area contributed by atoms with Gasteiger partial charge in [0.25, 0.3) is 0 Å². The van der Waals surface area contributed by atoms with Gasteiger partial charge in [0.05, 0.1) is 11.4 Å². The van der Waals surface area contributed by atoms with Gasteiger partial charge in [-0.25, -0.2) is 15.0 Å². The van der Waals surface area contributed by atoms with Crippen LogP contribution < -0.4 is 9.64 Å². The largest absolute Gasteiger partial charge is 0.453 e. The highest BCUT2D eigenvalue weighted by Gasteiger charge is 2.25. The number of rotatable bonds is 6. The van der Waals surface area contributed by atoms with Gasteiger partial charge in [-0.05, 0) is 89.0 Å². The van der Waals surface area contributed by atoms with Gasteiger partial charge in [-0.3, -0.25) is 0 Å². The third-order valence-electron chi connectivity index (χ3n) is 8.89.